The number of terminal acetylenes is 1. The summed E-state index contributed by atoms with van der Waals surface area (Å²) < 4.78 is 4.69. The molecule has 0 fully saturated rings. The molecule has 0 aliphatic heterocycles. The number of aliphatic hydroxyl groups is 2. The first-order valence-electron chi connectivity index (χ1n) is 2.61. The van der Waals surface area contributed by atoms with Crippen molar-refractivity contribution in [1.29, 1.82) is 0 Å². The van der Waals surface area contributed by atoms with Gasteiger partial charge in [0.2, 0.25) is 0 Å². The summed E-state index contributed by atoms with van der Waals surface area (Å²) in [5, 5.41) is 16.9. The highest BCUT2D eigenvalue weighted by Crippen LogP contribution is 1.81. The van der Waals surface area contributed by atoms with Crippen LogP contribution in [0.3, 0.4) is 0 Å². The van der Waals surface area contributed by atoms with Crippen LogP contribution in [0.2, 0.25) is 0 Å². The number of hydrogen-bond donors (Lipinski definition) is 2. The summed E-state index contributed by atoms with van der Waals surface area (Å²) in [6.07, 6.45) is 4.03. The van der Waals surface area contributed by atoms with E-state index in [1.807, 2.05) is 0 Å². The van der Waals surface area contributed by atoms with E-state index in [9.17, 15) is 0 Å². The molecule has 3 nitrogen and oxygen atoms in total. The molecule has 0 aliphatic carbocycles. The Balaban J connectivity index is 2.99. The highest BCUT2D eigenvalue weighted by atomic mass is 16.5. The van der Waals surface area contributed by atoms with Crippen molar-refractivity contribution in [1.82, 2.24) is 0 Å². The summed E-state index contributed by atoms with van der Waals surface area (Å²) in [6, 6.07) is 0. The molecule has 0 heterocycles. The fraction of sp³-hybridized carbons (Fsp3) is 0.667. The van der Waals surface area contributed by atoms with E-state index in [4.69, 9.17) is 16.6 Å². The molecule has 0 amide bonds. The SMILES string of the molecule is C#CCOCC(O)CO. The lowest BCUT2D eigenvalue weighted by molar-refractivity contribution is 0.0164. The Kier molecular flexibility index (Phi) is 5.23. The summed E-state index contributed by atoms with van der Waals surface area (Å²) in [5.41, 5.74) is 0. The fourth-order valence-electron chi connectivity index (χ4n) is 0.307. The van der Waals surface area contributed by atoms with Crippen molar-refractivity contribution in [3.63, 3.8) is 0 Å². The zero-order valence-corrected chi connectivity index (χ0v) is 5.08. The van der Waals surface area contributed by atoms with Crippen LogP contribution in [0, 0.1) is 12.3 Å². The lowest BCUT2D eigenvalue weighted by atomic mass is 10.4. The number of aliphatic hydroxyl groups excluding tert-OH is 2. The van der Waals surface area contributed by atoms with Crippen LogP contribution in [-0.2, 0) is 4.74 Å². The molecule has 0 spiro atoms. The molecule has 2 N–H and O–H groups in total. The highest BCUT2D eigenvalue weighted by molar-refractivity contribution is 4.82. The predicted octanol–water partition coefficient (Wildman–Crippen LogP) is -1.01. The van der Waals surface area contributed by atoms with Crippen molar-refractivity contribution in [3.05, 3.63) is 0 Å². The van der Waals surface area contributed by atoms with E-state index in [1.54, 1.807) is 0 Å². The second kappa shape index (κ2) is 5.57. The molecular formula is C6H10O3. The third-order valence-corrected chi connectivity index (χ3v) is 0.706. The molecule has 0 radical (unpaired) electrons. The van der Waals surface area contributed by atoms with Gasteiger partial charge in [-0.25, -0.2) is 0 Å². The van der Waals surface area contributed by atoms with Crippen LogP contribution in [0.1, 0.15) is 0 Å². The molecule has 0 saturated heterocycles. The largest absolute Gasteiger partial charge is 0.394 e. The van der Waals surface area contributed by atoms with Crippen molar-refractivity contribution >= 4 is 0 Å². The fourth-order valence-corrected chi connectivity index (χ4v) is 0.307. The molecule has 0 aromatic rings. The molecular weight excluding hydrogens is 120 g/mol. The third-order valence-electron chi connectivity index (χ3n) is 0.706. The zero-order valence-electron chi connectivity index (χ0n) is 5.08. The summed E-state index contributed by atoms with van der Waals surface area (Å²) in [5.74, 6) is 2.23. The van der Waals surface area contributed by atoms with Crippen LogP contribution in [0.15, 0.2) is 0 Å². The normalized spacial score (nSPS) is 12.6. The maximum Gasteiger partial charge on any atom is 0.107 e. The van der Waals surface area contributed by atoms with Gasteiger partial charge in [0.25, 0.3) is 0 Å². The summed E-state index contributed by atoms with van der Waals surface area (Å²) in [7, 11) is 0. The zero-order chi connectivity index (χ0) is 7.11. The smallest absolute Gasteiger partial charge is 0.107 e. The molecule has 0 aromatic heterocycles. The summed E-state index contributed by atoms with van der Waals surface area (Å²) in [6.45, 7) is -0.0116. The van der Waals surface area contributed by atoms with Gasteiger partial charge in [0.1, 0.15) is 12.7 Å². The molecule has 1 atom stereocenters. The Bertz CT molecular complexity index is 95.0. The van der Waals surface area contributed by atoms with Gasteiger partial charge in [-0.1, -0.05) is 5.92 Å². The van der Waals surface area contributed by atoms with E-state index < -0.39 is 6.10 Å². The topological polar surface area (TPSA) is 49.7 Å². The van der Waals surface area contributed by atoms with E-state index in [1.165, 1.54) is 0 Å². The average molecular weight is 130 g/mol. The van der Waals surface area contributed by atoms with Gasteiger partial charge in [0.05, 0.1) is 13.2 Å². The van der Waals surface area contributed by atoms with Crippen LogP contribution >= 0.6 is 0 Å². The van der Waals surface area contributed by atoms with Gasteiger partial charge in [0.15, 0.2) is 0 Å². The number of ether oxygens (including phenoxy) is 1. The van der Waals surface area contributed by atoms with E-state index in [0.29, 0.717) is 0 Å². The maximum atomic E-state index is 8.64. The minimum absolute atomic E-state index is 0.0979. The van der Waals surface area contributed by atoms with Crippen molar-refractivity contribution in [2.24, 2.45) is 0 Å². The first-order valence-corrected chi connectivity index (χ1v) is 2.61. The molecule has 9 heavy (non-hydrogen) atoms. The molecule has 0 bridgehead atoms. The minimum Gasteiger partial charge on any atom is -0.394 e. The van der Waals surface area contributed by atoms with Gasteiger partial charge in [-0.05, 0) is 0 Å². The standard InChI is InChI=1S/C6H10O3/c1-2-3-9-5-6(8)4-7/h1,6-8H,3-5H2. The van der Waals surface area contributed by atoms with E-state index in [0.717, 1.165) is 0 Å². The van der Waals surface area contributed by atoms with E-state index >= 15 is 0 Å². The Hall–Kier alpha value is -0.560. The van der Waals surface area contributed by atoms with E-state index in [2.05, 4.69) is 10.7 Å². The molecule has 52 valence electrons. The number of rotatable bonds is 4. The second-order valence-corrected chi connectivity index (χ2v) is 1.56. The molecule has 0 aromatic carbocycles. The minimum atomic E-state index is -0.807. The van der Waals surface area contributed by atoms with Crippen LogP contribution < -0.4 is 0 Å². The number of hydrogen-bond acceptors (Lipinski definition) is 3. The monoisotopic (exact) mass is 130 g/mol. The maximum absolute atomic E-state index is 8.64. The summed E-state index contributed by atoms with van der Waals surface area (Å²) in [4.78, 5) is 0. The average Bonchev–Trinajstić information content (AvgIpc) is 1.89. The van der Waals surface area contributed by atoms with Gasteiger partial charge in [-0.3, -0.25) is 0 Å². The third kappa shape index (κ3) is 5.31. The van der Waals surface area contributed by atoms with E-state index in [-0.39, 0.29) is 19.8 Å². The molecule has 3 heteroatoms. The van der Waals surface area contributed by atoms with Crippen molar-refractivity contribution in [2.45, 2.75) is 6.10 Å². The lowest BCUT2D eigenvalue weighted by Gasteiger charge is -2.04. The van der Waals surface area contributed by atoms with Crippen molar-refractivity contribution in [3.8, 4) is 12.3 Å². The Morgan fingerprint density at radius 3 is 2.78 bits per heavy atom. The first-order chi connectivity index (χ1) is 4.31. The molecule has 0 saturated carbocycles. The van der Waals surface area contributed by atoms with Crippen LogP contribution in [0.25, 0.3) is 0 Å². The quantitative estimate of drug-likeness (QED) is 0.378. The molecule has 0 aliphatic rings. The Morgan fingerprint density at radius 2 is 2.33 bits per heavy atom. The highest BCUT2D eigenvalue weighted by Gasteiger charge is 1.98. The van der Waals surface area contributed by atoms with Crippen LogP contribution in [-0.4, -0.2) is 36.1 Å². The van der Waals surface area contributed by atoms with Gasteiger partial charge in [-0.2, -0.15) is 0 Å². The second-order valence-electron chi connectivity index (χ2n) is 1.56. The van der Waals surface area contributed by atoms with Gasteiger partial charge >= 0.3 is 0 Å². The van der Waals surface area contributed by atoms with Crippen molar-refractivity contribution in [2.75, 3.05) is 19.8 Å². The van der Waals surface area contributed by atoms with Crippen LogP contribution in [0.4, 0.5) is 0 Å². The van der Waals surface area contributed by atoms with Crippen LogP contribution in [0.5, 0.6) is 0 Å². The Labute approximate surface area is 54.3 Å². The lowest BCUT2D eigenvalue weighted by Crippen LogP contribution is -2.19. The van der Waals surface area contributed by atoms with Crippen molar-refractivity contribution < 1.29 is 14.9 Å². The molecule has 1 unspecified atom stereocenters. The van der Waals surface area contributed by atoms with Gasteiger partial charge in [0, 0.05) is 0 Å². The molecule has 0 rings (SSSR count). The predicted molar refractivity (Wildman–Crippen MR) is 32.7 cm³/mol. The Morgan fingerprint density at radius 1 is 1.67 bits per heavy atom. The summed E-state index contributed by atoms with van der Waals surface area (Å²) >= 11 is 0. The van der Waals surface area contributed by atoms with Gasteiger partial charge < -0.3 is 14.9 Å². The first kappa shape index (κ1) is 8.44. The van der Waals surface area contributed by atoms with Gasteiger partial charge in [-0.15, -0.1) is 6.42 Å².